The molecule has 0 aliphatic heterocycles. The molecule has 0 bridgehead atoms. The molecule has 6 heterocycles. The second-order valence-electron chi connectivity index (χ2n) is 25.3. The van der Waals surface area contributed by atoms with Crippen LogP contribution >= 0.6 is 0 Å². The lowest BCUT2D eigenvalue weighted by Gasteiger charge is -2.26. The molecular formula is C90H54N4O2. The van der Waals surface area contributed by atoms with Gasteiger partial charge in [0.25, 0.3) is 0 Å². The molecule has 0 fully saturated rings. The molecule has 0 spiro atoms. The van der Waals surface area contributed by atoms with Gasteiger partial charge in [-0.3, -0.25) is 0 Å². The number of anilines is 6. The number of aromatic nitrogens is 2. The molecule has 446 valence electrons. The summed E-state index contributed by atoms with van der Waals surface area (Å²) in [7, 11) is 0. The van der Waals surface area contributed by atoms with E-state index in [0.29, 0.717) is 0 Å². The van der Waals surface area contributed by atoms with Crippen molar-refractivity contribution in [3.63, 3.8) is 0 Å². The highest BCUT2D eigenvalue weighted by Gasteiger charge is 2.32. The minimum absolute atomic E-state index is 0.853. The molecule has 0 atom stereocenters. The quantitative estimate of drug-likeness (QED) is 0.137. The summed E-state index contributed by atoms with van der Waals surface area (Å²) in [4.78, 5) is 4.69. The van der Waals surface area contributed by atoms with Crippen molar-refractivity contribution in [1.82, 2.24) is 8.80 Å². The molecule has 0 amide bonds. The Bertz CT molecular complexity index is 6290. The van der Waals surface area contributed by atoms with E-state index in [1.165, 1.54) is 98.5 Å². The smallest absolute Gasteiger partial charge is 0.159 e. The van der Waals surface area contributed by atoms with Gasteiger partial charge in [0.2, 0.25) is 0 Å². The molecule has 0 saturated carbocycles. The maximum absolute atomic E-state index is 6.75. The van der Waals surface area contributed by atoms with E-state index in [-0.39, 0.29) is 0 Å². The summed E-state index contributed by atoms with van der Waals surface area (Å²) in [6, 6.07) is 119. The Hall–Kier alpha value is -12.9. The Morgan fingerprint density at radius 2 is 0.552 bits per heavy atom. The van der Waals surface area contributed by atoms with Gasteiger partial charge in [0.1, 0.15) is 11.2 Å². The predicted octanol–water partition coefficient (Wildman–Crippen LogP) is 25.4. The first kappa shape index (κ1) is 52.7. The number of hydrogen-bond acceptors (Lipinski definition) is 4. The monoisotopic (exact) mass is 1220 g/mol. The number of furan rings is 2. The summed E-state index contributed by atoms with van der Waals surface area (Å²) in [5, 5.41) is 14.2. The van der Waals surface area contributed by atoms with Crippen molar-refractivity contribution in [3.8, 4) is 44.5 Å². The van der Waals surface area contributed by atoms with Crippen LogP contribution in [0.1, 0.15) is 0 Å². The van der Waals surface area contributed by atoms with Crippen LogP contribution < -0.4 is 9.80 Å². The molecule has 6 nitrogen and oxygen atoms in total. The molecule has 0 radical (unpaired) electrons. The zero-order valence-corrected chi connectivity index (χ0v) is 51.8. The Balaban J connectivity index is 0.813. The van der Waals surface area contributed by atoms with Crippen LogP contribution in [-0.4, -0.2) is 8.80 Å². The number of hydrogen-bond donors (Lipinski definition) is 0. The molecule has 15 aromatic carbocycles. The number of benzene rings is 15. The first-order valence-corrected chi connectivity index (χ1v) is 32.9. The lowest BCUT2D eigenvalue weighted by atomic mass is 9.89. The third kappa shape index (κ3) is 7.40. The molecule has 0 aliphatic rings. The molecular weight excluding hydrogens is 1170 g/mol. The van der Waals surface area contributed by atoms with Gasteiger partial charge >= 0.3 is 0 Å². The van der Waals surface area contributed by atoms with Crippen molar-refractivity contribution in [1.29, 1.82) is 0 Å². The van der Waals surface area contributed by atoms with Gasteiger partial charge in [0.15, 0.2) is 11.2 Å². The zero-order valence-electron chi connectivity index (χ0n) is 51.8. The second-order valence-corrected chi connectivity index (χ2v) is 25.3. The van der Waals surface area contributed by atoms with Crippen molar-refractivity contribution in [2.24, 2.45) is 0 Å². The van der Waals surface area contributed by atoms with E-state index in [2.05, 4.69) is 334 Å². The van der Waals surface area contributed by atoms with E-state index in [1.54, 1.807) is 0 Å². The maximum atomic E-state index is 6.75. The first-order chi connectivity index (χ1) is 47.7. The average Bonchev–Trinajstić information content (AvgIpc) is 1.49. The number of nitrogens with zero attached hydrogens (tertiary/aromatic N) is 4. The largest absolute Gasteiger partial charge is 0.454 e. The Kier molecular flexibility index (Phi) is 11.1. The van der Waals surface area contributed by atoms with Crippen molar-refractivity contribution < 1.29 is 8.83 Å². The van der Waals surface area contributed by atoms with Crippen molar-refractivity contribution in [2.45, 2.75) is 0 Å². The van der Waals surface area contributed by atoms with Crippen LogP contribution in [-0.2, 0) is 0 Å². The average molecular weight is 1220 g/mol. The molecule has 6 aromatic heterocycles. The van der Waals surface area contributed by atoms with Crippen LogP contribution in [0.5, 0.6) is 0 Å². The highest BCUT2D eigenvalue weighted by atomic mass is 16.3. The van der Waals surface area contributed by atoms with Crippen molar-refractivity contribution in [3.05, 3.63) is 328 Å². The van der Waals surface area contributed by atoms with E-state index < -0.39 is 0 Å². The van der Waals surface area contributed by atoms with Crippen molar-refractivity contribution in [2.75, 3.05) is 9.80 Å². The molecule has 96 heavy (non-hydrogen) atoms. The summed E-state index contributed by atoms with van der Waals surface area (Å²) < 4.78 is 18.8. The van der Waals surface area contributed by atoms with Crippen molar-refractivity contribution >= 4 is 154 Å². The van der Waals surface area contributed by atoms with Crippen LogP contribution in [0.2, 0.25) is 0 Å². The number of rotatable bonds is 10. The summed E-state index contributed by atoms with van der Waals surface area (Å²) in [6.45, 7) is 0. The van der Waals surface area contributed by atoms with Gasteiger partial charge in [-0.25, -0.2) is 0 Å². The molecule has 21 rings (SSSR count). The molecule has 6 heteroatoms. The van der Waals surface area contributed by atoms with Crippen LogP contribution in [0.4, 0.5) is 34.1 Å². The van der Waals surface area contributed by atoms with E-state index in [4.69, 9.17) is 8.83 Å². The lowest BCUT2D eigenvalue weighted by Crippen LogP contribution is -2.10. The molecule has 21 aromatic rings. The Morgan fingerprint density at radius 3 is 0.990 bits per heavy atom. The topological polar surface area (TPSA) is 41.6 Å². The summed E-state index contributed by atoms with van der Waals surface area (Å²) in [5.74, 6) is 0. The third-order valence-electron chi connectivity index (χ3n) is 20.3. The van der Waals surface area contributed by atoms with E-state index in [1.807, 2.05) is 12.1 Å². The predicted molar refractivity (Wildman–Crippen MR) is 401 cm³/mol. The summed E-state index contributed by atoms with van der Waals surface area (Å²) in [5.41, 5.74) is 26.1. The highest BCUT2D eigenvalue weighted by molar-refractivity contribution is 6.39. The zero-order chi connectivity index (χ0) is 62.7. The van der Waals surface area contributed by atoms with E-state index in [9.17, 15) is 0 Å². The van der Waals surface area contributed by atoms with Crippen LogP contribution in [0.3, 0.4) is 0 Å². The van der Waals surface area contributed by atoms with Gasteiger partial charge in [0.05, 0.1) is 44.5 Å². The van der Waals surface area contributed by atoms with E-state index >= 15 is 0 Å². The highest BCUT2D eigenvalue weighted by Crippen LogP contribution is 2.56. The Morgan fingerprint density at radius 1 is 0.229 bits per heavy atom. The minimum atomic E-state index is 0.853. The standard InChI is InChI=1S/C90H54N4O2/c1-5-25-55(26-6-1)79-83-71-45-19-43-69-82-64(58-30-18-36-62(54-58)92(60-33-11-4-12-34-60)76-50-24-42-68-66-38-14-16-52-78(66)96-90(68)76)40-22-48-74(82)94(85(69)71)88(83)80(56-27-7-2-8-28-56)84-72-46-20-44-70-81-63(39-21-47-73(81)93(86(70)72)87(79)84)57-29-17-35-61(53-57)91(59-31-9-3-10-32-59)75-49-23-41-67-65-37-13-15-51-77(65)95-89(67)75/h1-54H. The fourth-order valence-electron chi connectivity index (χ4n) is 16.5. The molecule has 0 aliphatic carbocycles. The fraction of sp³-hybridized carbons (Fsp3) is 0. The first-order valence-electron chi connectivity index (χ1n) is 32.9. The summed E-state index contributed by atoms with van der Waals surface area (Å²) >= 11 is 0. The van der Waals surface area contributed by atoms with Gasteiger partial charge in [-0.1, -0.05) is 243 Å². The maximum Gasteiger partial charge on any atom is 0.159 e. The fourth-order valence-corrected chi connectivity index (χ4v) is 16.5. The molecule has 0 N–H and O–H groups in total. The molecule has 0 unspecified atom stereocenters. The van der Waals surface area contributed by atoms with E-state index in [0.717, 1.165) is 100 Å². The van der Waals surface area contributed by atoms with Gasteiger partial charge in [-0.15, -0.1) is 0 Å². The normalized spacial score (nSPS) is 12.2. The van der Waals surface area contributed by atoms with Gasteiger partial charge in [0, 0.05) is 98.5 Å². The Labute approximate surface area is 550 Å². The SMILES string of the molecule is c1ccc(-c2c3c4cccc5c6c(-c7cccc(N(c8ccccc8)c8cccc9c8oc8ccccc89)c7)cccc6n(c3c(-c3ccccc3)c3c6cccc7c8c(-c9cccc(N(c%10ccccc%10)c%10cccc%11c%10oc%10ccccc%10%11)c9)cccc8n(c23)c76)c54)cc1. The van der Waals surface area contributed by atoms with Crippen LogP contribution in [0.25, 0.3) is 165 Å². The van der Waals surface area contributed by atoms with Crippen LogP contribution in [0, 0.1) is 0 Å². The lowest BCUT2D eigenvalue weighted by molar-refractivity contribution is 0.668. The summed E-state index contributed by atoms with van der Waals surface area (Å²) in [6.07, 6.45) is 0. The second kappa shape index (κ2) is 20.3. The van der Waals surface area contributed by atoms with Gasteiger partial charge in [-0.05, 0) is 118 Å². The third-order valence-corrected chi connectivity index (χ3v) is 20.3. The van der Waals surface area contributed by atoms with Crippen LogP contribution in [0.15, 0.2) is 336 Å². The number of para-hydroxylation sites is 8. The minimum Gasteiger partial charge on any atom is -0.454 e. The number of fused-ring (bicyclic) bond motifs is 18. The van der Waals surface area contributed by atoms with Gasteiger partial charge < -0.3 is 27.4 Å². The van der Waals surface area contributed by atoms with Gasteiger partial charge in [-0.2, -0.15) is 0 Å². The molecule has 0 saturated heterocycles.